The average Bonchev–Trinajstić information content (AvgIpc) is 2.66. The van der Waals surface area contributed by atoms with Crippen LogP contribution in [0.5, 0.6) is 5.75 Å². The molecule has 0 N–H and O–H groups in total. The molecule has 0 heterocycles. The molecule has 0 aliphatic heterocycles. The van der Waals surface area contributed by atoms with Crippen LogP contribution in [-0.2, 0) is 0 Å². The summed E-state index contributed by atoms with van der Waals surface area (Å²) < 4.78 is 5.23. The number of hydrogen-bond donors (Lipinski definition) is 0. The maximum Gasteiger partial charge on any atom is 0.137 e. The summed E-state index contributed by atoms with van der Waals surface area (Å²) in [5.41, 5.74) is 1.35. The largest absolute Gasteiger partial charge is 0.495 e. The van der Waals surface area contributed by atoms with Crippen LogP contribution < -0.4 is 4.74 Å². The number of hydrogen-bond acceptors (Lipinski definition) is 1. The van der Waals surface area contributed by atoms with Crippen molar-refractivity contribution in [3.63, 3.8) is 0 Å². The summed E-state index contributed by atoms with van der Waals surface area (Å²) in [6.45, 7) is 0. The molecule has 3 heteroatoms. The zero-order valence-corrected chi connectivity index (χ0v) is 11.0. The molecule has 1 nitrogen and oxygen atoms in total. The number of ether oxygens (including phenoxy) is 1. The molecule has 82 valence electrons. The molecule has 1 aromatic carbocycles. The molecule has 0 amide bonds. The number of benzene rings is 1. The first-order chi connectivity index (χ1) is 7.20. The molecule has 0 saturated heterocycles. The molecule has 1 fully saturated rings. The second kappa shape index (κ2) is 4.75. The van der Waals surface area contributed by atoms with Crippen molar-refractivity contribution in [1.82, 2.24) is 0 Å². The van der Waals surface area contributed by atoms with Gasteiger partial charge in [0.05, 0.1) is 12.1 Å². The Kier molecular flexibility index (Phi) is 3.57. The van der Waals surface area contributed by atoms with Gasteiger partial charge in [-0.15, -0.1) is 0 Å². The van der Waals surface area contributed by atoms with Crippen LogP contribution in [0.2, 0.25) is 5.02 Å². The minimum atomic E-state index is 0.653. The van der Waals surface area contributed by atoms with E-state index in [4.69, 9.17) is 16.3 Å². The van der Waals surface area contributed by atoms with Crippen molar-refractivity contribution in [3.05, 3.63) is 28.8 Å². The first-order valence-corrected chi connectivity index (χ1v) is 6.47. The summed E-state index contributed by atoms with van der Waals surface area (Å²) in [6.07, 6.45) is 3.72. The number of alkyl halides is 1. The van der Waals surface area contributed by atoms with Gasteiger partial charge in [-0.3, -0.25) is 0 Å². The van der Waals surface area contributed by atoms with Crippen LogP contribution in [0.3, 0.4) is 0 Å². The lowest BCUT2D eigenvalue weighted by Crippen LogP contribution is -1.95. The van der Waals surface area contributed by atoms with E-state index in [0.717, 1.165) is 5.75 Å². The van der Waals surface area contributed by atoms with Crippen molar-refractivity contribution < 1.29 is 4.74 Å². The van der Waals surface area contributed by atoms with Crippen molar-refractivity contribution in [2.45, 2.75) is 30.0 Å². The van der Waals surface area contributed by atoms with E-state index in [2.05, 4.69) is 28.1 Å². The van der Waals surface area contributed by atoms with Crippen LogP contribution in [0, 0.1) is 0 Å². The molecule has 0 radical (unpaired) electrons. The van der Waals surface area contributed by atoms with Gasteiger partial charge in [0.2, 0.25) is 0 Å². The standard InChI is InChI=1S/C12H14BrClO/c1-15-12-7-9(3-5-11(12)14)8-2-4-10(13)6-8/h3,5,7-8,10H,2,4,6H2,1H3. The minimum absolute atomic E-state index is 0.653. The molecule has 2 atom stereocenters. The van der Waals surface area contributed by atoms with Crippen LogP contribution >= 0.6 is 27.5 Å². The molecule has 2 unspecified atom stereocenters. The Morgan fingerprint density at radius 1 is 1.40 bits per heavy atom. The van der Waals surface area contributed by atoms with Crippen molar-refractivity contribution in [3.8, 4) is 5.75 Å². The van der Waals surface area contributed by atoms with E-state index in [-0.39, 0.29) is 0 Å². The predicted molar refractivity (Wildman–Crippen MR) is 67.3 cm³/mol. The van der Waals surface area contributed by atoms with Gasteiger partial charge in [0.1, 0.15) is 5.75 Å². The number of rotatable bonds is 2. The van der Waals surface area contributed by atoms with Gasteiger partial charge < -0.3 is 4.74 Å². The predicted octanol–water partition coefficient (Wildman–Crippen LogP) is 4.38. The highest BCUT2D eigenvalue weighted by Crippen LogP contribution is 2.39. The van der Waals surface area contributed by atoms with Gasteiger partial charge in [-0.2, -0.15) is 0 Å². The highest BCUT2D eigenvalue weighted by molar-refractivity contribution is 9.09. The van der Waals surface area contributed by atoms with Crippen molar-refractivity contribution in [2.75, 3.05) is 7.11 Å². The van der Waals surface area contributed by atoms with Gasteiger partial charge >= 0.3 is 0 Å². The molecule has 0 spiro atoms. The fraction of sp³-hybridized carbons (Fsp3) is 0.500. The molecule has 2 rings (SSSR count). The fourth-order valence-electron chi connectivity index (χ4n) is 2.16. The summed E-state index contributed by atoms with van der Waals surface area (Å²) in [5.74, 6) is 1.44. The summed E-state index contributed by atoms with van der Waals surface area (Å²) in [4.78, 5) is 0.671. The Labute approximate surface area is 104 Å². The van der Waals surface area contributed by atoms with Gasteiger partial charge in [0.25, 0.3) is 0 Å². The highest BCUT2D eigenvalue weighted by Gasteiger charge is 2.24. The quantitative estimate of drug-likeness (QED) is 0.734. The summed E-state index contributed by atoms with van der Waals surface area (Å²) in [7, 11) is 1.66. The molecular weight excluding hydrogens is 275 g/mol. The zero-order valence-electron chi connectivity index (χ0n) is 8.67. The summed E-state index contributed by atoms with van der Waals surface area (Å²) >= 11 is 9.67. The molecule has 1 saturated carbocycles. The van der Waals surface area contributed by atoms with Gasteiger partial charge in [-0.1, -0.05) is 33.6 Å². The molecule has 0 bridgehead atoms. The SMILES string of the molecule is COc1cc(C2CCC(Br)C2)ccc1Cl. The molecule has 1 aliphatic carbocycles. The molecule has 1 aromatic rings. The first kappa shape index (κ1) is 11.3. The van der Waals surface area contributed by atoms with Crippen molar-refractivity contribution in [1.29, 1.82) is 0 Å². The van der Waals surface area contributed by atoms with Gasteiger partial charge in [-0.05, 0) is 42.9 Å². The molecule has 0 aromatic heterocycles. The highest BCUT2D eigenvalue weighted by atomic mass is 79.9. The topological polar surface area (TPSA) is 9.23 Å². The Morgan fingerprint density at radius 3 is 2.80 bits per heavy atom. The third-order valence-electron chi connectivity index (χ3n) is 3.02. The monoisotopic (exact) mass is 288 g/mol. The van der Waals surface area contributed by atoms with Crippen LogP contribution in [0.25, 0.3) is 0 Å². The smallest absolute Gasteiger partial charge is 0.137 e. The molecular formula is C12H14BrClO. The maximum absolute atomic E-state index is 6.00. The maximum atomic E-state index is 6.00. The Bertz CT molecular complexity index is 353. The average molecular weight is 290 g/mol. The first-order valence-electron chi connectivity index (χ1n) is 5.18. The van der Waals surface area contributed by atoms with E-state index in [0.29, 0.717) is 15.8 Å². The van der Waals surface area contributed by atoms with Crippen molar-refractivity contribution >= 4 is 27.5 Å². The Balaban J connectivity index is 2.21. The van der Waals surface area contributed by atoms with E-state index in [1.165, 1.54) is 24.8 Å². The van der Waals surface area contributed by atoms with Gasteiger partial charge in [0, 0.05) is 4.83 Å². The normalized spacial score (nSPS) is 25.5. The van der Waals surface area contributed by atoms with E-state index in [9.17, 15) is 0 Å². The summed E-state index contributed by atoms with van der Waals surface area (Å²) in [5, 5.41) is 0.689. The zero-order chi connectivity index (χ0) is 10.8. The second-order valence-corrected chi connectivity index (χ2v) is 5.70. The van der Waals surface area contributed by atoms with Crippen LogP contribution in [-0.4, -0.2) is 11.9 Å². The third kappa shape index (κ3) is 2.48. The van der Waals surface area contributed by atoms with E-state index in [1.807, 2.05) is 6.07 Å². The van der Waals surface area contributed by atoms with Gasteiger partial charge in [0.15, 0.2) is 0 Å². The van der Waals surface area contributed by atoms with Crippen molar-refractivity contribution in [2.24, 2.45) is 0 Å². The van der Waals surface area contributed by atoms with Crippen LogP contribution in [0.4, 0.5) is 0 Å². The Hall–Kier alpha value is -0.210. The van der Waals surface area contributed by atoms with E-state index >= 15 is 0 Å². The lowest BCUT2D eigenvalue weighted by Gasteiger charge is -2.12. The van der Waals surface area contributed by atoms with Gasteiger partial charge in [-0.25, -0.2) is 0 Å². The fourth-order valence-corrected chi connectivity index (χ4v) is 3.07. The third-order valence-corrected chi connectivity index (χ3v) is 4.16. The number of methoxy groups -OCH3 is 1. The Morgan fingerprint density at radius 2 is 2.20 bits per heavy atom. The minimum Gasteiger partial charge on any atom is -0.495 e. The lowest BCUT2D eigenvalue weighted by molar-refractivity contribution is 0.414. The molecule has 15 heavy (non-hydrogen) atoms. The second-order valence-electron chi connectivity index (χ2n) is 4.00. The lowest BCUT2D eigenvalue weighted by atomic mass is 9.98. The van der Waals surface area contributed by atoms with E-state index < -0.39 is 0 Å². The van der Waals surface area contributed by atoms with E-state index in [1.54, 1.807) is 7.11 Å². The summed E-state index contributed by atoms with van der Waals surface area (Å²) in [6, 6.07) is 6.11. The number of halogens is 2. The molecule has 1 aliphatic rings. The van der Waals surface area contributed by atoms with Crippen LogP contribution in [0.1, 0.15) is 30.7 Å². The van der Waals surface area contributed by atoms with Crippen LogP contribution in [0.15, 0.2) is 18.2 Å².